The summed E-state index contributed by atoms with van der Waals surface area (Å²) in [6.07, 6.45) is 0. The molecule has 0 saturated carbocycles. The first-order valence-corrected chi connectivity index (χ1v) is 7.26. The molecular formula is C15H12ClFN2OS. The van der Waals surface area contributed by atoms with E-state index in [1.165, 1.54) is 29.5 Å². The average molecular weight is 323 g/mol. The van der Waals surface area contributed by atoms with Crippen molar-refractivity contribution in [3.63, 3.8) is 0 Å². The number of hydrogen-bond acceptors (Lipinski definition) is 3. The minimum Gasteiger partial charge on any atom is -0.321 e. The standard InChI is InChI=1S/C15H12ClFN2OS/c1-9-7-14(21-13(9)3-2-6-18)15(20)19-10-4-5-12(17)11(16)8-10/h4-5,7-8H,6,18H2,1H3,(H,19,20). The molecule has 1 heterocycles. The molecular weight excluding hydrogens is 311 g/mol. The molecule has 108 valence electrons. The molecule has 3 nitrogen and oxygen atoms in total. The molecule has 1 aromatic heterocycles. The average Bonchev–Trinajstić information content (AvgIpc) is 2.82. The second-order valence-corrected chi connectivity index (χ2v) is 5.67. The molecule has 0 spiro atoms. The number of amides is 1. The summed E-state index contributed by atoms with van der Waals surface area (Å²) < 4.78 is 13.1. The Morgan fingerprint density at radius 3 is 2.90 bits per heavy atom. The first-order chi connectivity index (χ1) is 10.0. The van der Waals surface area contributed by atoms with Crippen molar-refractivity contribution in [2.75, 3.05) is 11.9 Å². The summed E-state index contributed by atoms with van der Waals surface area (Å²) in [5, 5.41) is 2.63. The van der Waals surface area contributed by atoms with Gasteiger partial charge < -0.3 is 11.1 Å². The zero-order valence-electron chi connectivity index (χ0n) is 11.2. The molecule has 6 heteroatoms. The number of nitrogens with one attached hydrogen (secondary N) is 1. The SMILES string of the molecule is Cc1cc(C(=O)Nc2ccc(F)c(Cl)c2)sc1C#CCN. The van der Waals surface area contributed by atoms with Crippen molar-refractivity contribution in [1.29, 1.82) is 0 Å². The summed E-state index contributed by atoms with van der Waals surface area (Å²) in [5.41, 5.74) is 6.69. The number of carbonyl (C=O) groups excluding carboxylic acids is 1. The molecule has 21 heavy (non-hydrogen) atoms. The van der Waals surface area contributed by atoms with E-state index in [0.29, 0.717) is 10.6 Å². The largest absolute Gasteiger partial charge is 0.321 e. The Hall–Kier alpha value is -1.87. The topological polar surface area (TPSA) is 55.1 Å². The smallest absolute Gasteiger partial charge is 0.265 e. The van der Waals surface area contributed by atoms with E-state index in [-0.39, 0.29) is 17.5 Å². The second-order valence-electron chi connectivity index (χ2n) is 4.21. The first-order valence-electron chi connectivity index (χ1n) is 6.07. The fraction of sp³-hybridized carbons (Fsp3) is 0.133. The zero-order valence-corrected chi connectivity index (χ0v) is 12.7. The van der Waals surface area contributed by atoms with Crippen molar-refractivity contribution in [3.8, 4) is 11.8 Å². The van der Waals surface area contributed by atoms with Gasteiger partial charge in [-0.3, -0.25) is 4.79 Å². The van der Waals surface area contributed by atoms with Crippen LogP contribution in [0.2, 0.25) is 5.02 Å². The van der Waals surface area contributed by atoms with Gasteiger partial charge in [0.25, 0.3) is 5.91 Å². The highest BCUT2D eigenvalue weighted by atomic mass is 35.5. The zero-order chi connectivity index (χ0) is 15.4. The van der Waals surface area contributed by atoms with Crippen LogP contribution in [0.5, 0.6) is 0 Å². The fourth-order valence-corrected chi connectivity index (χ4v) is 2.74. The van der Waals surface area contributed by atoms with Crippen LogP contribution in [0.15, 0.2) is 24.3 Å². The maximum absolute atomic E-state index is 13.1. The predicted octanol–water partition coefficient (Wildman–Crippen LogP) is 3.41. The fourth-order valence-electron chi connectivity index (χ4n) is 1.62. The van der Waals surface area contributed by atoms with E-state index in [9.17, 15) is 9.18 Å². The third-order valence-electron chi connectivity index (χ3n) is 2.62. The van der Waals surface area contributed by atoms with Crippen molar-refractivity contribution in [2.45, 2.75) is 6.92 Å². The van der Waals surface area contributed by atoms with Crippen LogP contribution in [-0.2, 0) is 0 Å². The maximum Gasteiger partial charge on any atom is 0.265 e. The van der Waals surface area contributed by atoms with Crippen molar-refractivity contribution in [3.05, 3.63) is 50.4 Å². The van der Waals surface area contributed by atoms with Crippen LogP contribution in [0.25, 0.3) is 0 Å². The van der Waals surface area contributed by atoms with Crippen LogP contribution in [0, 0.1) is 24.6 Å². The van der Waals surface area contributed by atoms with Gasteiger partial charge in [-0.25, -0.2) is 4.39 Å². The molecule has 1 amide bonds. The summed E-state index contributed by atoms with van der Waals surface area (Å²) in [5.74, 6) is 4.87. The third-order valence-corrected chi connectivity index (χ3v) is 4.06. The number of halogens is 2. The van der Waals surface area contributed by atoms with E-state index in [1.54, 1.807) is 6.07 Å². The van der Waals surface area contributed by atoms with Crippen molar-refractivity contribution >= 4 is 34.5 Å². The predicted molar refractivity (Wildman–Crippen MR) is 84.4 cm³/mol. The highest BCUT2D eigenvalue weighted by Gasteiger charge is 2.12. The van der Waals surface area contributed by atoms with Gasteiger partial charge in [-0.1, -0.05) is 23.4 Å². The van der Waals surface area contributed by atoms with Gasteiger partial charge in [-0.2, -0.15) is 0 Å². The van der Waals surface area contributed by atoms with E-state index >= 15 is 0 Å². The van der Waals surface area contributed by atoms with Gasteiger partial charge in [0, 0.05) is 5.69 Å². The monoisotopic (exact) mass is 322 g/mol. The van der Waals surface area contributed by atoms with Gasteiger partial charge in [-0.15, -0.1) is 11.3 Å². The molecule has 0 saturated heterocycles. The van der Waals surface area contributed by atoms with E-state index < -0.39 is 5.82 Å². The highest BCUT2D eigenvalue weighted by Crippen LogP contribution is 2.24. The van der Waals surface area contributed by atoms with Gasteiger partial charge in [0.05, 0.1) is 21.3 Å². The molecule has 2 rings (SSSR count). The number of aryl methyl sites for hydroxylation is 1. The van der Waals surface area contributed by atoms with Crippen LogP contribution < -0.4 is 11.1 Å². The Morgan fingerprint density at radius 2 is 2.24 bits per heavy atom. The van der Waals surface area contributed by atoms with Gasteiger partial charge in [0.15, 0.2) is 0 Å². The summed E-state index contributed by atoms with van der Waals surface area (Å²) in [7, 11) is 0. The lowest BCUT2D eigenvalue weighted by molar-refractivity contribution is 0.103. The Bertz CT molecular complexity index is 746. The number of hydrogen-bond donors (Lipinski definition) is 2. The summed E-state index contributed by atoms with van der Waals surface area (Å²) >= 11 is 6.96. The molecule has 3 N–H and O–H groups in total. The van der Waals surface area contributed by atoms with E-state index in [0.717, 1.165) is 10.4 Å². The van der Waals surface area contributed by atoms with Crippen LogP contribution in [0.3, 0.4) is 0 Å². The lowest BCUT2D eigenvalue weighted by Gasteiger charge is -2.04. The van der Waals surface area contributed by atoms with Crippen molar-refractivity contribution in [1.82, 2.24) is 0 Å². The second kappa shape index (κ2) is 6.72. The van der Waals surface area contributed by atoms with Crippen LogP contribution in [0.1, 0.15) is 20.1 Å². The Kier molecular flexibility index (Phi) is 4.97. The number of anilines is 1. The van der Waals surface area contributed by atoms with Crippen LogP contribution in [-0.4, -0.2) is 12.5 Å². The lowest BCUT2D eigenvalue weighted by atomic mass is 10.2. The summed E-state index contributed by atoms with van der Waals surface area (Å²) in [6, 6.07) is 5.78. The van der Waals surface area contributed by atoms with E-state index in [2.05, 4.69) is 17.2 Å². The molecule has 2 aromatic rings. The number of nitrogens with two attached hydrogens (primary N) is 1. The Morgan fingerprint density at radius 1 is 1.48 bits per heavy atom. The molecule has 0 aliphatic carbocycles. The third kappa shape index (κ3) is 3.82. The van der Waals surface area contributed by atoms with Crippen molar-refractivity contribution < 1.29 is 9.18 Å². The molecule has 0 atom stereocenters. The quantitative estimate of drug-likeness (QED) is 0.832. The maximum atomic E-state index is 13.1. The Balaban J connectivity index is 2.18. The van der Waals surface area contributed by atoms with Crippen LogP contribution >= 0.6 is 22.9 Å². The van der Waals surface area contributed by atoms with Gasteiger partial charge in [-0.05, 0) is 36.8 Å². The molecule has 0 unspecified atom stereocenters. The number of carbonyl (C=O) groups is 1. The lowest BCUT2D eigenvalue weighted by Crippen LogP contribution is -2.10. The normalized spacial score (nSPS) is 9.90. The molecule has 0 radical (unpaired) electrons. The minimum atomic E-state index is -0.527. The van der Waals surface area contributed by atoms with Gasteiger partial charge >= 0.3 is 0 Å². The molecule has 0 bridgehead atoms. The van der Waals surface area contributed by atoms with E-state index in [1.807, 2.05) is 6.92 Å². The molecule has 0 fully saturated rings. The van der Waals surface area contributed by atoms with Crippen LogP contribution in [0.4, 0.5) is 10.1 Å². The van der Waals surface area contributed by atoms with Gasteiger partial charge in [0.1, 0.15) is 5.82 Å². The minimum absolute atomic E-state index is 0.0374. The summed E-state index contributed by atoms with van der Waals surface area (Å²) in [4.78, 5) is 13.5. The molecule has 0 aliphatic rings. The van der Waals surface area contributed by atoms with E-state index in [4.69, 9.17) is 17.3 Å². The highest BCUT2D eigenvalue weighted by molar-refractivity contribution is 7.14. The van der Waals surface area contributed by atoms with Gasteiger partial charge in [0.2, 0.25) is 0 Å². The molecule has 1 aromatic carbocycles. The number of rotatable bonds is 2. The van der Waals surface area contributed by atoms with Crippen molar-refractivity contribution in [2.24, 2.45) is 5.73 Å². The molecule has 0 aliphatic heterocycles. The number of thiophene rings is 1. The number of benzene rings is 1. The first kappa shape index (κ1) is 15.5. The summed E-state index contributed by atoms with van der Waals surface area (Å²) in [6.45, 7) is 2.15. The Labute approximate surface area is 130 Å².